The Bertz CT molecular complexity index is 1210. The number of allylic oxidation sites excluding steroid dienone is 4. The number of hydrogen-bond acceptors (Lipinski definition) is 2. The lowest BCUT2D eigenvalue weighted by molar-refractivity contribution is -0.138. The van der Waals surface area contributed by atoms with Gasteiger partial charge in [0.2, 0.25) is 0 Å². The molecule has 0 aliphatic heterocycles. The fourth-order valence-corrected chi connectivity index (χ4v) is 4.63. The number of nitrogens with two attached hydrogens (primary N) is 2. The van der Waals surface area contributed by atoms with E-state index in [1.807, 2.05) is 0 Å². The molecule has 0 atom stereocenters. The molecule has 4 rings (SSSR count). The Morgan fingerprint density at radius 2 is 1.09 bits per heavy atom. The first-order valence-electron chi connectivity index (χ1n) is 10.3. The lowest BCUT2D eigenvalue weighted by atomic mass is 9.61. The van der Waals surface area contributed by atoms with Gasteiger partial charge in [-0.15, -0.1) is 0 Å². The van der Waals surface area contributed by atoms with Crippen LogP contribution in [0.25, 0.3) is 5.57 Å². The molecular formula is C26H20F6N2. The summed E-state index contributed by atoms with van der Waals surface area (Å²) in [6, 6.07) is 15.7. The van der Waals surface area contributed by atoms with Crippen molar-refractivity contribution < 1.29 is 26.3 Å². The highest BCUT2D eigenvalue weighted by Crippen LogP contribution is 2.55. The van der Waals surface area contributed by atoms with Gasteiger partial charge in [-0.05, 0) is 52.6 Å². The molecule has 0 heterocycles. The summed E-state index contributed by atoms with van der Waals surface area (Å²) in [5.74, 6) is 0. The molecule has 0 spiro atoms. The summed E-state index contributed by atoms with van der Waals surface area (Å²) in [5, 5.41) is 0. The van der Waals surface area contributed by atoms with E-state index in [9.17, 15) is 26.3 Å². The van der Waals surface area contributed by atoms with E-state index in [1.54, 1.807) is 24.3 Å². The van der Waals surface area contributed by atoms with Crippen molar-refractivity contribution in [1.82, 2.24) is 0 Å². The molecule has 0 unspecified atom stereocenters. The van der Waals surface area contributed by atoms with Crippen molar-refractivity contribution in [1.29, 1.82) is 0 Å². The van der Waals surface area contributed by atoms with E-state index in [1.165, 1.54) is 48.6 Å². The number of anilines is 1. The maximum absolute atomic E-state index is 14.2. The van der Waals surface area contributed by atoms with E-state index in [0.29, 0.717) is 11.3 Å². The molecule has 1 aliphatic rings. The monoisotopic (exact) mass is 474 g/mol. The first-order chi connectivity index (χ1) is 15.9. The van der Waals surface area contributed by atoms with Crippen LogP contribution < -0.4 is 11.5 Å². The second-order valence-electron chi connectivity index (χ2n) is 8.11. The third-order valence-electron chi connectivity index (χ3n) is 6.00. The molecule has 4 N–H and O–H groups in total. The fraction of sp³-hybridized carbons (Fsp3) is 0.154. The van der Waals surface area contributed by atoms with Crippen LogP contribution >= 0.6 is 0 Å². The third-order valence-corrected chi connectivity index (χ3v) is 6.00. The summed E-state index contributed by atoms with van der Waals surface area (Å²) < 4.78 is 85.2. The van der Waals surface area contributed by atoms with Crippen molar-refractivity contribution >= 4 is 11.3 Å². The highest BCUT2D eigenvalue weighted by Gasteiger charge is 2.49. The average Bonchev–Trinajstić information content (AvgIpc) is 2.78. The van der Waals surface area contributed by atoms with Gasteiger partial charge in [-0.3, -0.25) is 0 Å². The van der Waals surface area contributed by atoms with Crippen LogP contribution in [0, 0.1) is 0 Å². The highest BCUT2D eigenvalue weighted by atomic mass is 19.4. The summed E-state index contributed by atoms with van der Waals surface area (Å²) in [6.45, 7) is 0. The van der Waals surface area contributed by atoms with Gasteiger partial charge in [-0.25, -0.2) is 0 Å². The van der Waals surface area contributed by atoms with Crippen molar-refractivity contribution in [3.05, 3.63) is 118 Å². The molecular weight excluding hydrogens is 454 g/mol. The maximum atomic E-state index is 14.2. The van der Waals surface area contributed by atoms with Gasteiger partial charge < -0.3 is 11.5 Å². The lowest BCUT2D eigenvalue weighted by Gasteiger charge is -2.42. The minimum absolute atomic E-state index is 0.160. The largest absolute Gasteiger partial charge is 0.416 e. The van der Waals surface area contributed by atoms with Crippen LogP contribution in [0.15, 0.2) is 90.6 Å². The first kappa shape index (κ1) is 23.5. The molecule has 3 aromatic rings. The molecule has 0 aromatic heterocycles. The SMILES string of the molecule is NC1=CC=C(c2ccc(N)cc2)C(c2ccccc2C(F)(F)F)(c2ccccc2C(F)(F)F)C1. The summed E-state index contributed by atoms with van der Waals surface area (Å²) in [7, 11) is 0. The number of alkyl halides is 6. The quantitative estimate of drug-likeness (QED) is 0.320. The maximum Gasteiger partial charge on any atom is 0.416 e. The minimum atomic E-state index is -4.81. The Balaban J connectivity index is 2.17. The summed E-state index contributed by atoms with van der Waals surface area (Å²) in [4.78, 5) is 0. The number of halogens is 6. The van der Waals surface area contributed by atoms with Crippen molar-refractivity contribution in [2.75, 3.05) is 5.73 Å². The Kier molecular flexibility index (Phi) is 5.71. The fourth-order valence-electron chi connectivity index (χ4n) is 4.63. The van der Waals surface area contributed by atoms with Crippen LogP contribution in [0.4, 0.5) is 32.0 Å². The van der Waals surface area contributed by atoms with Crippen molar-refractivity contribution in [2.24, 2.45) is 5.73 Å². The van der Waals surface area contributed by atoms with E-state index >= 15 is 0 Å². The summed E-state index contributed by atoms with van der Waals surface area (Å²) in [6.07, 6.45) is -6.89. The van der Waals surface area contributed by atoms with Crippen LogP contribution in [-0.4, -0.2) is 0 Å². The Hall–Kier alpha value is -3.68. The second kappa shape index (κ2) is 8.27. The van der Waals surface area contributed by atoms with Crippen LogP contribution in [-0.2, 0) is 17.8 Å². The molecule has 34 heavy (non-hydrogen) atoms. The zero-order chi connectivity index (χ0) is 24.7. The van der Waals surface area contributed by atoms with E-state index < -0.39 is 28.9 Å². The van der Waals surface area contributed by atoms with E-state index in [0.717, 1.165) is 12.1 Å². The predicted molar refractivity (Wildman–Crippen MR) is 119 cm³/mol. The smallest absolute Gasteiger partial charge is 0.402 e. The predicted octanol–water partition coefficient (Wildman–Crippen LogP) is 6.92. The molecule has 1 aliphatic carbocycles. The molecule has 0 fully saturated rings. The topological polar surface area (TPSA) is 52.0 Å². The van der Waals surface area contributed by atoms with Gasteiger partial charge >= 0.3 is 12.4 Å². The van der Waals surface area contributed by atoms with Gasteiger partial charge in [0.25, 0.3) is 0 Å². The summed E-state index contributed by atoms with van der Waals surface area (Å²) >= 11 is 0. The van der Waals surface area contributed by atoms with Gasteiger partial charge in [0.15, 0.2) is 0 Å². The molecule has 0 saturated heterocycles. The molecule has 8 heteroatoms. The lowest BCUT2D eigenvalue weighted by Crippen LogP contribution is -2.37. The van der Waals surface area contributed by atoms with Gasteiger partial charge in [0.05, 0.1) is 16.5 Å². The highest BCUT2D eigenvalue weighted by molar-refractivity contribution is 5.84. The molecule has 0 radical (unpaired) electrons. The second-order valence-corrected chi connectivity index (χ2v) is 8.11. The molecule has 176 valence electrons. The van der Waals surface area contributed by atoms with Gasteiger partial charge in [-0.2, -0.15) is 26.3 Å². The Morgan fingerprint density at radius 1 is 0.618 bits per heavy atom. The van der Waals surface area contributed by atoms with E-state index in [2.05, 4.69) is 0 Å². The molecule has 3 aromatic carbocycles. The van der Waals surface area contributed by atoms with E-state index in [-0.39, 0.29) is 28.8 Å². The average molecular weight is 474 g/mol. The van der Waals surface area contributed by atoms with Crippen molar-refractivity contribution in [3.8, 4) is 0 Å². The normalized spacial score (nSPS) is 16.1. The van der Waals surface area contributed by atoms with Crippen molar-refractivity contribution in [2.45, 2.75) is 24.2 Å². The standard InChI is InChI=1S/C26H20F6N2/c27-25(28,29)22-7-3-1-5-20(22)24(21-6-2-4-8-23(21)26(30,31)32)15-18(34)13-14-19(24)16-9-11-17(33)12-10-16/h1-14H,15,33-34H2. The molecule has 2 nitrogen and oxygen atoms in total. The van der Waals surface area contributed by atoms with E-state index in [4.69, 9.17) is 11.5 Å². The number of benzene rings is 3. The molecule has 0 amide bonds. The number of nitrogen functional groups attached to an aromatic ring is 1. The Labute approximate surface area is 192 Å². The van der Waals surface area contributed by atoms with Crippen molar-refractivity contribution in [3.63, 3.8) is 0 Å². The first-order valence-corrected chi connectivity index (χ1v) is 10.3. The zero-order valence-electron chi connectivity index (χ0n) is 17.7. The van der Waals surface area contributed by atoms with Crippen LogP contribution in [0.2, 0.25) is 0 Å². The summed E-state index contributed by atoms with van der Waals surface area (Å²) in [5.41, 5.74) is 8.62. The molecule has 0 bridgehead atoms. The minimum Gasteiger partial charge on any atom is -0.402 e. The third kappa shape index (κ3) is 4.04. The van der Waals surface area contributed by atoms with Crippen LogP contribution in [0.5, 0.6) is 0 Å². The van der Waals surface area contributed by atoms with Gasteiger partial charge in [0.1, 0.15) is 0 Å². The van der Waals surface area contributed by atoms with Crippen LogP contribution in [0.1, 0.15) is 34.2 Å². The zero-order valence-corrected chi connectivity index (χ0v) is 17.7. The Morgan fingerprint density at radius 3 is 1.56 bits per heavy atom. The van der Waals surface area contributed by atoms with Gasteiger partial charge in [0, 0.05) is 17.8 Å². The van der Waals surface area contributed by atoms with Gasteiger partial charge in [-0.1, -0.05) is 54.6 Å². The van der Waals surface area contributed by atoms with Crippen LogP contribution in [0.3, 0.4) is 0 Å². The molecule has 0 saturated carbocycles. The number of hydrogen-bond donors (Lipinski definition) is 2. The number of rotatable bonds is 3.